The highest BCUT2D eigenvalue weighted by atomic mass is 16.2. The highest BCUT2D eigenvalue weighted by molar-refractivity contribution is 6.00. The van der Waals surface area contributed by atoms with Gasteiger partial charge in [0.1, 0.15) is 0 Å². The Labute approximate surface area is 128 Å². The van der Waals surface area contributed by atoms with E-state index in [1.165, 1.54) is 25.7 Å². The fourth-order valence-corrected chi connectivity index (χ4v) is 2.32. The van der Waals surface area contributed by atoms with Gasteiger partial charge in [0.2, 0.25) is 0 Å². The van der Waals surface area contributed by atoms with Gasteiger partial charge in [0.25, 0.3) is 5.91 Å². The van der Waals surface area contributed by atoms with E-state index in [0.29, 0.717) is 17.3 Å². The zero-order valence-corrected chi connectivity index (χ0v) is 13.8. The molecule has 0 radical (unpaired) electrons. The number of nitrogens with one attached hydrogen (secondary N) is 1. The van der Waals surface area contributed by atoms with Crippen molar-refractivity contribution >= 4 is 17.3 Å². The number of carbonyl (C=O) groups excluding carboxylic acids is 1. The molecule has 0 saturated carbocycles. The lowest BCUT2D eigenvalue weighted by atomic mass is 10.1. The van der Waals surface area contributed by atoms with Crippen LogP contribution in [0.3, 0.4) is 0 Å². The van der Waals surface area contributed by atoms with Gasteiger partial charge in [-0.15, -0.1) is 0 Å². The van der Waals surface area contributed by atoms with Crippen molar-refractivity contribution in [3.05, 3.63) is 23.8 Å². The number of unbranched alkanes of at least 4 members (excludes halogenated alkanes) is 3. The summed E-state index contributed by atoms with van der Waals surface area (Å²) in [5.74, 6) is -0.00400. The number of nitrogens with zero attached hydrogens (tertiary/aromatic N) is 1. The first kappa shape index (κ1) is 17.3. The van der Waals surface area contributed by atoms with Gasteiger partial charge >= 0.3 is 0 Å². The van der Waals surface area contributed by atoms with E-state index < -0.39 is 0 Å². The van der Waals surface area contributed by atoms with Gasteiger partial charge in [-0.05, 0) is 31.5 Å². The van der Waals surface area contributed by atoms with Crippen molar-refractivity contribution in [2.75, 3.05) is 25.1 Å². The SMILES string of the molecule is CCCCCCC(C)Nc1cc(N)ccc1C(=O)N(C)C. The van der Waals surface area contributed by atoms with Crippen LogP contribution in [0, 0.1) is 0 Å². The van der Waals surface area contributed by atoms with Gasteiger partial charge in [-0.3, -0.25) is 4.79 Å². The smallest absolute Gasteiger partial charge is 0.255 e. The Morgan fingerprint density at radius 2 is 2.00 bits per heavy atom. The van der Waals surface area contributed by atoms with Gasteiger partial charge in [0, 0.05) is 31.5 Å². The third-order valence-corrected chi connectivity index (χ3v) is 3.57. The predicted octanol–water partition coefficient (Wildman–Crippen LogP) is 3.74. The largest absolute Gasteiger partial charge is 0.399 e. The van der Waals surface area contributed by atoms with Crippen molar-refractivity contribution in [3.8, 4) is 0 Å². The predicted molar refractivity (Wildman–Crippen MR) is 90.7 cm³/mol. The van der Waals surface area contributed by atoms with Crippen LogP contribution in [0.25, 0.3) is 0 Å². The molecule has 1 unspecified atom stereocenters. The van der Waals surface area contributed by atoms with Crippen LogP contribution in [0.2, 0.25) is 0 Å². The molecule has 118 valence electrons. The Hall–Kier alpha value is -1.71. The minimum absolute atomic E-state index is 0.00400. The zero-order chi connectivity index (χ0) is 15.8. The van der Waals surface area contributed by atoms with E-state index in [1.54, 1.807) is 31.1 Å². The van der Waals surface area contributed by atoms with Crippen LogP contribution in [-0.4, -0.2) is 30.9 Å². The molecule has 3 N–H and O–H groups in total. The van der Waals surface area contributed by atoms with E-state index in [0.717, 1.165) is 12.1 Å². The molecule has 1 atom stereocenters. The molecule has 1 amide bonds. The molecule has 0 aliphatic rings. The molecule has 0 spiro atoms. The molecule has 0 heterocycles. The lowest BCUT2D eigenvalue weighted by Gasteiger charge is -2.20. The summed E-state index contributed by atoms with van der Waals surface area (Å²) >= 11 is 0. The molecular formula is C17H29N3O. The average molecular weight is 291 g/mol. The number of rotatable bonds is 8. The number of benzene rings is 1. The molecule has 0 fully saturated rings. The molecule has 0 bridgehead atoms. The number of hydrogen-bond acceptors (Lipinski definition) is 3. The monoisotopic (exact) mass is 291 g/mol. The minimum atomic E-state index is -0.00400. The zero-order valence-electron chi connectivity index (χ0n) is 13.8. The first-order chi connectivity index (χ1) is 9.95. The maximum atomic E-state index is 12.2. The summed E-state index contributed by atoms with van der Waals surface area (Å²) in [4.78, 5) is 13.8. The average Bonchev–Trinajstić information content (AvgIpc) is 2.43. The van der Waals surface area contributed by atoms with Crippen molar-refractivity contribution in [1.29, 1.82) is 0 Å². The first-order valence-electron chi connectivity index (χ1n) is 7.83. The second kappa shape index (κ2) is 8.55. The molecule has 21 heavy (non-hydrogen) atoms. The van der Waals surface area contributed by atoms with Crippen LogP contribution in [0.1, 0.15) is 56.3 Å². The van der Waals surface area contributed by atoms with E-state index in [4.69, 9.17) is 5.73 Å². The van der Waals surface area contributed by atoms with E-state index in [-0.39, 0.29) is 5.91 Å². The van der Waals surface area contributed by atoms with E-state index >= 15 is 0 Å². The van der Waals surface area contributed by atoms with Gasteiger partial charge in [0.15, 0.2) is 0 Å². The van der Waals surface area contributed by atoms with Gasteiger partial charge in [-0.2, -0.15) is 0 Å². The molecule has 0 aliphatic heterocycles. The van der Waals surface area contributed by atoms with Gasteiger partial charge < -0.3 is 16.0 Å². The Kier molecular flexibility index (Phi) is 7.06. The summed E-state index contributed by atoms with van der Waals surface area (Å²) in [5.41, 5.74) is 8.03. The second-order valence-corrected chi connectivity index (χ2v) is 5.90. The van der Waals surface area contributed by atoms with E-state index in [2.05, 4.69) is 19.2 Å². The Morgan fingerprint density at radius 3 is 2.62 bits per heavy atom. The summed E-state index contributed by atoms with van der Waals surface area (Å²) in [6, 6.07) is 5.74. The molecule has 1 aromatic rings. The van der Waals surface area contributed by atoms with E-state index in [1.807, 2.05) is 6.07 Å². The van der Waals surface area contributed by atoms with E-state index in [9.17, 15) is 4.79 Å². The Morgan fingerprint density at radius 1 is 1.29 bits per heavy atom. The van der Waals surface area contributed by atoms with Gasteiger partial charge in [-0.1, -0.05) is 32.6 Å². The van der Waals surface area contributed by atoms with Crippen LogP contribution >= 0.6 is 0 Å². The lowest BCUT2D eigenvalue weighted by Crippen LogP contribution is -2.24. The minimum Gasteiger partial charge on any atom is -0.399 e. The van der Waals surface area contributed by atoms with Crippen molar-refractivity contribution in [1.82, 2.24) is 4.90 Å². The molecule has 0 saturated heterocycles. The van der Waals surface area contributed by atoms with Crippen LogP contribution in [0.4, 0.5) is 11.4 Å². The number of nitrogen functional groups attached to an aromatic ring is 1. The molecular weight excluding hydrogens is 262 g/mol. The fraction of sp³-hybridized carbons (Fsp3) is 0.588. The third-order valence-electron chi connectivity index (χ3n) is 3.57. The van der Waals surface area contributed by atoms with Gasteiger partial charge in [0.05, 0.1) is 5.56 Å². The molecule has 0 aromatic heterocycles. The van der Waals surface area contributed by atoms with Crippen molar-refractivity contribution in [2.24, 2.45) is 0 Å². The first-order valence-corrected chi connectivity index (χ1v) is 7.83. The maximum Gasteiger partial charge on any atom is 0.255 e. The summed E-state index contributed by atoms with van der Waals surface area (Å²) in [6.45, 7) is 4.37. The summed E-state index contributed by atoms with van der Waals surface area (Å²) < 4.78 is 0. The number of anilines is 2. The van der Waals surface area contributed by atoms with Crippen LogP contribution in [0.5, 0.6) is 0 Å². The third kappa shape index (κ3) is 5.66. The van der Waals surface area contributed by atoms with Crippen molar-refractivity contribution < 1.29 is 4.79 Å². The normalized spacial score (nSPS) is 12.0. The lowest BCUT2D eigenvalue weighted by molar-refractivity contribution is 0.0828. The number of nitrogens with two attached hydrogens (primary N) is 1. The highest BCUT2D eigenvalue weighted by Crippen LogP contribution is 2.22. The fourth-order valence-electron chi connectivity index (χ4n) is 2.32. The quantitative estimate of drug-likeness (QED) is 0.566. The van der Waals surface area contributed by atoms with Gasteiger partial charge in [-0.25, -0.2) is 0 Å². The molecule has 1 rings (SSSR count). The summed E-state index contributed by atoms with van der Waals surface area (Å²) in [5, 5.41) is 3.44. The number of carbonyl (C=O) groups is 1. The second-order valence-electron chi connectivity index (χ2n) is 5.90. The summed E-state index contributed by atoms with van der Waals surface area (Å²) in [6.07, 6.45) is 6.11. The van der Waals surface area contributed by atoms with Crippen LogP contribution < -0.4 is 11.1 Å². The van der Waals surface area contributed by atoms with Crippen molar-refractivity contribution in [3.63, 3.8) is 0 Å². The van der Waals surface area contributed by atoms with Crippen LogP contribution in [-0.2, 0) is 0 Å². The number of amides is 1. The standard InChI is InChI=1S/C17H29N3O/c1-5-6-7-8-9-13(2)19-16-12-14(18)10-11-15(16)17(21)20(3)4/h10-13,19H,5-9,18H2,1-4H3. The topological polar surface area (TPSA) is 58.4 Å². The molecule has 4 nitrogen and oxygen atoms in total. The van der Waals surface area contributed by atoms with Crippen molar-refractivity contribution in [2.45, 2.75) is 52.0 Å². The molecule has 0 aliphatic carbocycles. The maximum absolute atomic E-state index is 12.2. The number of hydrogen-bond donors (Lipinski definition) is 2. The Bertz CT molecular complexity index is 457. The van der Waals surface area contributed by atoms with Crippen LogP contribution in [0.15, 0.2) is 18.2 Å². The highest BCUT2D eigenvalue weighted by Gasteiger charge is 2.15. The Balaban J connectivity index is 2.72. The molecule has 4 heteroatoms. The summed E-state index contributed by atoms with van der Waals surface area (Å²) in [7, 11) is 3.52. The molecule has 1 aromatic carbocycles.